The molecule has 0 radical (unpaired) electrons. The molecule has 0 spiro atoms. The van der Waals surface area contributed by atoms with E-state index in [9.17, 15) is 4.79 Å². The second-order valence-electron chi connectivity index (χ2n) is 12.3. The summed E-state index contributed by atoms with van der Waals surface area (Å²) in [6.07, 6.45) is 3.79. The number of piperazine rings is 1. The summed E-state index contributed by atoms with van der Waals surface area (Å²) in [6, 6.07) is 9.67. The van der Waals surface area contributed by atoms with Crippen LogP contribution in [0.2, 0.25) is 0 Å². The van der Waals surface area contributed by atoms with Crippen molar-refractivity contribution in [1.82, 2.24) is 19.9 Å². The third kappa shape index (κ3) is 5.45. The van der Waals surface area contributed by atoms with Gasteiger partial charge in [0.25, 0.3) is 0 Å². The third-order valence-corrected chi connectivity index (χ3v) is 8.23. The van der Waals surface area contributed by atoms with E-state index in [0.29, 0.717) is 35.6 Å². The molecule has 2 aromatic carbocycles. The number of pyridine rings is 1. The topological polar surface area (TPSA) is 99.1 Å². The van der Waals surface area contributed by atoms with Crippen LogP contribution in [0.15, 0.2) is 36.5 Å². The Bertz CT molecular complexity index is 1710. The molecule has 10 nitrogen and oxygen atoms in total. The first kappa shape index (κ1) is 29.8. The highest BCUT2D eigenvalue weighted by molar-refractivity contribution is 6.01. The van der Waals surface area contributed by atoms with E-state index in [1.54, 1.807) is 19.4 Å². The minimum absolute atomic E-state index is 0.0506. The number of hydrogen-bond acceptors (Lipinski definition) is 9. The maximum atomic E-state index is 16.7. The van der Waals surface area contributed by atoms with Crippen molar-refractivity contribution < 1.29 is 28.1 Å². The summed E-state index contributed by atoms with van der Waals surface area (Å²) in [5.41, 5.74) is 1.37. The summed E-state index contributed by atoms with van der Waals surface area (Å²) in [7, 11) is 3.02. The normalized spacial score (nSPS) is 18.2. The maximum absolute atomic E-state index is 16.7. The Kier molecular flexibility index (Phi) is 7.91. The van der Waals surface area contributed by atoms with E-state index in [0.717, 1.165) is 35.6 Å². The fraction of sp³-hybridized carbons (Fsp3) is 0.455. The quantitative estimate of drug-likeness (QED) is 0.231. The highest BCUT2D eigenvalue weighted by Crippen LogP contribution is 2.40. The standard InChI is InChI=1S/C33H38FN5O5/c1-7-19-9-8-10-20-13-23(43-18-41-5)14-24(26(19)20)28-27(34)29-25(15-35-28)30(37-31(36-29)42-6)38-16-21-11-12-22(17-38)39(21)32(40)44-33(2,3)4/h8-10,13-15,21-22H,7,11-12,16-18H2,1-6H3. The molecule has 2 unspecified atom stereocenters. The van der Waals surface area contributed by atoms with Crippen molar-refractivity contribution in [2.75, 3.05) is 39.0 Å². The third-order valence-electron chi connectivity index (χ3n) is 8.23. The lowest BCUT2D eigenvalue weighted by Crippen LogP contribution is -2.57. The number of ether oxygens (including phenoxy) is 4. The molecule has 44 heavy (non-hydrogen) atoms. The second kappa shape index (κ2) is 11.7. The van der Waals surface area contributed by atoms with Crippen molar-refractivity contribution in [3.63, 3.8) is 0 Å². The minimum Gasteiger partial charge on any atom is -0.468 e. The Balaban J connectivity index is 1.44. The number of aryl methyl sites for hydroxylation is 1. The van der Waals surface area contributed by atoms with E-state index >= 15 is 4.39 Å². The van der Waals surface area contributed by atoms with Gasteiger partial charge in [-0.15, -0.1) is 0 Å². The Morgan fingerprint density at radius 2 is 1.84 bits per heavy atom. The van der Waals surface area contributed by atoms with E-state index in [4.69, 9.17) is 18.9 Å². The van der Waals surface area contributed by atoms with Crippen LogP contribution in [0, 0.1) is 5.82 Å². The molecule has 4 heterocycles. The molecule has 11 heteroatoms. The molecule has 232 valence electrons. The Labute approximate surface area is 256 Å². The van der Waals surface area contributed by atoms with E-state index in [-0.39, 0.29) is 42.2 Å². The van der Waals surface area contributed by atoms with Gasteiger partial charge in [0.1, 0.15) is 28.4 Å². The van der Waals surface area contributed by atoms with Gasteiger partial charge >= 0.3 is 12.1 Å². The molecule has 2 fully saturated rings. The van der Waals surface area contributed by atoms with Crippen LogP contribution in [0.4, 0.5) is 15.0 Å². The van der Waals surface area contributed by atoms with E-state index in [1.165, 1.54) is 7.11 Å². The molecular weight excluding hydrogens is 565 g/mol. The number of anilines is 1. The summed E-state index contributed by atoms with van der Waals surface area (Å²) < 4.78 is 38.7. The second-order valence-corrected chi connectivity index (χ2v) is 12.3. The first-order valence-corrected chi connectivity index (χ1v) is 15.0. The molecule has 2 atom stereocenters. The fourth-order valence-electron chi connectivity index (χ4n) is 6.40. The molecule has 0 aliphatic carbocycles. The van der Waals surface area contributed by atoms with Crippen molar-refractivity contribution in [1.29, 1.82) is 0 Å². The summed E-state index contributed by atoms with van der Waals surface area (Å²) in [6.45, 7) is 8.78. The Morgan fingerprint density at radius 3 is 2.50 bits per heavy atom. The summed E-state index contributed by atoms with van der Waals surface area (Å²) >= 11 is 0. The van der Waals surface area contributed by atoms with Gasteiger partial charge in [-0.25, -0.2) is 9.18 Å². The first-order valence-electron chi connectivity index (χ1n) is 15.0. The van der Waals surface area contributed by atoms with Crippen molar-refractivity contribution in [2.24, 2.45) is 0 Å². The zero-order chi connectivity index (χ0) is 31.2. The SMILES string of the molecule is CCc1cccc2cc(OCOC)cc(-c3ncc4c(N5CC6CCC(C5)N6C(=O)OC(C)(C)C)nc(OC)nc4c3F)c12. The predicted octanol–water partition coefficient (Wildman–Crippen LogP) is 6.13. The van der Waals surface area contributed by atoms with Gasteiger partial charge in [0.15, 0.2) is 12.6 Å². The average Bonchev–Trinajstić information content (AvgIpc) is 3.27. The van der Waals surface area contributed by atoms with Crippen LogP contribution in [-0.2, 0) is 15.9 Å². The highest BCUT2D eigenvalue weighted by atomic mass is 19.1. The molecule has 4 aromatic rings. The summed E-state index contributed by atoms with van der Waals surface area (Å²) in [5.74, 6) is 0.501. The van der Waals surface area contributed by atoms with Crippen LogP contribution in [0.3, 0.4) is 0 Å². The van der Waals surface area contributed by atoms with Crippen LogP contribution >= 0.6 is 0 Å². The zero-order valence-corrected chi connectivity index (χ0v) is 26.0. The average molecular weight is 604 g/mol. The number of rotatable bonds is 7. The molecule has 0 N–H and O–H groups in total. The van der Waals surface area contributed by atoms with Gasteiger partial charge in [-0.3, -0.25) is 9.88 Å². The minimum atomic E-state index is -0.580. The number of aromatic nitrogens is 3. The van der Waals surface area contributed by atoms with Crippen LogP contribution in [0.1, 0.15) is 46.1 Å². The highest BCUT2D eigenvalue weighted by Gasteiger charge is 2.45. The van der Waals surface area contributed by atoms with Gasteiger partial charge in [-0.1, -0.05) is 25.1 Å². The van der Waals surface area contributed by atoms with Crippen molar-refractivity contribution in [2.45, 2.75) is 64.6 Å². The van der Waals surface area contributed by atoms with E-state index in [2.05, 4.69) is 26.8 Å². The predicted molar refractivity (Wildman–Crippen MR) is 166 cm³/mol. The van der Waals surface area contributed by atoms with Crippen LogP contribution in [-0.4, -0.2) is 77.7 Å². The lowest BCUT2D eigenvalue weighted by atomic mass is 9.95. The summed E-state index contributed by atoms with van der Waals surface area (Å²) in [4.78, 5) is 30.8. The van der Waals surface area contributed by atoms with Crippen molar-refractivity contribution in [3.8, 4) is 23.0 Å². The largest absolute Gasteiger partial charge is 0.468 e. The molecule has 2 aliphatic rings. The number of benzene rings is 2. The molecule has 2 aliphatic heterocycles. The number of carbonyl (C=O) groups excluding carboxylic acids is 1. The maximum Gasteiger partial charge on any atom is 0.410 e. The summed E-state index contributed by atoms with van der Waals surface area (Å²) in [5, 5.41) is 2.29. The number of nitrogens with zero attached hydrogens (tertiary/aromatic N) is 5. The van der Waals surface area contributed by atoms with Crippen molar-refractivity contribution >= 4 is 33.6 Å². The number of carbonyl (C=O) groups is 1. The fourth-order valence-corrected chi connectivity index (χ4v) is 6.40. The van der Waals surface area contributed by atoms with Gasteiger partial charge in [-0.05, 0) is 68.5 Å². The van der Waals surface area contributed by atoms with E-state index in [1.807, 2.05) is 49.9 Å². The van der Waals surface area contributed by atoms with Crippen LogP contribution < -0.4 is 14.4 Å². The van der Waals surface area contributed by atoms with Gasteiger partial charge in [-0.2, -0.15) is 9.97 Å². The molecule has 2 bridgehead atoms. The van der Waals surface area contributed by atoms with Gasteiger partial charge < -0.3 is 23.8 Å². The number of fused-ring (bicyclic) bond motifs is 4. The number of methoxy groups -OCH3 is 2. The Hall–Kier alpha value is -4.25. The molecule has 6 rings (SSSR count). The van der Waals surface area contributed by atoms with Crippen LogP contribution in [0.5, 0.6) is 11.8 Å². The van der Waals surface area contributed by atoms with Crippen LogP contribution in [0.25, 0.3) is 32.9 Å². The molecule has 1 amide bonds. The van der Waals surface area contributed by atoms with Gasteiger partial charge in [0, 0.05) is 32.0 Å². The smallest absolute Gasteiger partial charge is 0.410 e. The Morgan fingerprint density at radius 1 is 1.09 bits per heavy atom. The van der Waals surface area contributed by atoms with Gasteiger partial charge in [0.2, 0.25) is 0 Å². The molecule has 2 saturated heterocycles. The molecular formula is C33H38FN5O5. The number of amides is 1. The molecule has 0 saturated carbocycles. The van der Waals surface area contributed by atoms with E-state index < -0.39 is 11.4 Å². The lowest BCUT2D eigenvalue weighted by Gasteiger charge is -2.42. The number of halogens is 1. The van der Waals surface area contributed by atoms with Gasteiger partial charge in [0.05, 0.1) is 24.6 Å². The lowest BCUT2D eigenvalue weighted by molar-refractivity contribution is 0.0122. The number of hydrogen-bond donors (Lipinski definition) is 0. The molecule has 2 aromatic heterocycles. The zero-order valence-electron chi connectivity index (χ0n) is 26.0. The van der Waals surface area contributed by atoms with Crippen molar-refractivity contribution in [3.05, 3.63) is 47.9 Å². The monoisotopic (exact) mass is 603 g/mol. The first-order chi connectivity index (χ1) is 21.1.